The summed E-state index contributed by atoms with van der Waals surface area (Å²) in [6, 6.07) is 14.4. The highest BCUT2D eigenvalue weighted by Gasteiger charge is 2.17. The highest BCUT2D eigenvalue weighted by Crippen LogP contribution is 2.28. The van der Waals surface area contributed by atoms with Gasteiger partial charge in [0.1, 0.15) is 0 Å². The van der Waals surface area contributed by atoms with Gasteiger partial charge in [-0.1, -0.05) is 36.4 Å². The van der Waals surface area contributed by atoms with E-state index in [0.29, 0.717) is 5.56 Å². The molecule has 0 saturated heterocycles. The molecule has 0 aliphatic carbocycles. The van der Waals surface area contributed by atoms with Crippen molar-refractivity contribution in [3.63, 3.8) is 0 Å². The molecule has 4 heteroatoms. The Kier molecular flexibility index (Phi) is 5.20. The van der Waals surface area contributed by atoms with Crippen LogP contribution in [0.25, 0.3) is 0 Å². The van der Waals surface area contributed by atoms with E-state index < -0.39 is 6.10 Å². The predicted octanol–water partition coefficient (Wildman–Crippen LogP) is 2.35. The predicted molar refractivity (Wildman–Crippen MR) is 82.3 cm³/mol. The average Bonchev–Trinajstić information content (AvgIpc) is 2.50. The van der Waals surface area contributed by atoms with Gasteiger partial charge in [0.2, 0.25) is 0 Å². The lowest BCUT2D eigenvalue weighted by molar-refractivity contribution is 0.136. The minimum absolute atomic E-state index is 0.155. The number of aliphatic hydroxyl groups excluding tert-OH is 1. The van der Waals surface area contributed by atoms with Crippen LogP contribution in [0.2, 0.25) is 0 Å². The molecular weight excluding hydrogens is 266 g/mol. The van der Waals surface area contributed by atoms with Gasteiger partial charge in [-0.15, -0.1) is 0 Å². The van der Waals surface area contributed by atoms with Gasteiger partial charge >= 0.3 is 0 Å². The van der Waals surface area contributed by atoms with Gasteiger partial charge in [-0.05, 0) is 43.1 Å². The summed E-state index contributed by atoms with van der Waals surface area (Å²) in [7, 11) is 0. The van der Waals surface area contributed by atoms with E-state index in [2.05, 4.69) is 17.4 Å². The monoisotopic (exact) mass is 287 g/mol. The van der Waals surface area contributed by atoms with Crippen LogP contribution in [0.5, 0.6) is 11.5 Å². The van der Waals surface area contributed by atoms with Crippen molar-refractivity contribution in [3.8, 4) is 11.5 Å². The Hall–Kier alpha value is -2.04. The second-order valence-electron chi connectivity index (χ2n) is 5.17. The smallest absolute Gasteiger partial charge is 0.157 e. The third-order valence-corrected chi connectivity index (χ3v) is 3.54. The minimum atomic E-state index is -0.743. The summed E-state index contributed by atoms with van der Waals surface area (Å²) in [4.78, 5) is 0. The lowest BCUT2D eigenvalue weighted by Crippen LogP contribution is -2.33. The summed E-state index contributed by atoms with van der Waals surface area (Å²) >= 11 is 0. The van der Waals surface area contributed by atoms with Gasteiger partial charge in [0, 0.05) is 6.04 Å². The number of benzene rings is 2. The Morgan fingerprint density at radius 3 is 2.38 bits per heavy atom. The first kappa shape index (κ1) is 15.4. The zero-order valence-electron chi connectivity index (χ0n) is 12.0. The number of aliphatic hydroxyl groups is 1. The second-order valence-corrected chi connectivity index (χ2v) is 5.17. The molecule has 112 valence electrons. The number of hydrogen-bond acceptors (Lipinski definition) is 4. The van der Waals surface area contributed by atoms with E-state index in [1.165, 1.54) is 17.7 Å². The van der Waals surface area contributed by atoms with E-state index >= 15 is 0 Å². The van der Waals surface area contributed by atoms with Crippen molar-refractivity contribution in [2.45, 2.75) is 25.5 Å². The fourth-order valence-corrected chi connectivity index (χ4v) is 2.21. The molecule has 0 fully saturated rings. The highest BCUT2D eigenvalue weighted by atomic mass is 16.3. The largest absolute Gasteiger partial charge is 0.504 e. The Morgan fingerprint density at radius 2 is 1.71 bits per heavy atom. The number of aromatic hydroxyl groups is 2. The van der Waals surface area contributed by atoms with Crippen LogP contribution in [0.15, 0.2) is 48.5 Å². The lowest BCUT2D eigenvalue weighted by Gasteiger charge is -2.21. The topological polar surface area (TPSA) is 72.7 Å². The van der Waals surface area contributed by atoms with Crippen molar-refractivity contribution in [2.24, 2.45) is 0 Å². The van der Waals surface area contributed by atoms with E-state index in [1.54, 1.807) is 6.07 Å². The van der Waals surface area contributed by atoms with Crippen molar-refractivity contribution in [1.82, 2.24) is 5.32 Å². The third-order valence-electron chi connectivity index (χ3n) is 3.54. The first-order valence-electron chi connectivity index (χ1n) is 7.05. The van der Waals surface area contributed by atoms with E-state index in [9.17, 15) is 15.3 Å². The van der Waals surface area contributed by atoms with Crippen molar-refractivity contribution in [1.29, 1.82) is 0 Å². The normalized spacial score (nSPS) is 13.8. The standard InChI is InChI=1S/C17H21NO3/c1-12(18-10-9-13-5-3-2-4-6-13)17(21)14-7-8-15(19)16(20)11-14/h2-8,11-12,17-21H,9-10H2,1H3. The molecule has 0 aliphatic heterocycles. The first-order valence-corrected chi connectivity index (χ1v) is 7.05. The van der Waals surface area contributed by atoms with Gasteiger partial charge in [0.15, 0.2) is 11.5 Å². The van der Waals surface area contributed by atoms with Crippen LogP contribution in [0.4, 0.5) is 0 Å². The van der Waals surface area contributed by atoms with Crippen LogP contribution >= 0.6 is 0 Å². The molecule has 4 N–H and O–H groups in total. The molecule has 2 aromatic carbocycles. The van der Waals surface area contributed by atoms with E-state index in [4.69, 9.17) is 0 Å². The Labute approximate surface area is 124 Å². The van der Waals surface area contributed by atoms with E-state index in [0.717, 1.165) is 13.0 Å². The molecule has 0 spiro atoms. The number of rotatable bonds is 6. The van der Waals surface area contributed by atoms with Crippen LogP contribution in [0.3, 0.4) is 0 Å². The molecule has 0 aliphatic rings. The summed E-state index contributed by atoms with van der Waals surface area (Å²) in [6.07, 6.45) is 0.144. The third kappa shape index (κ3) is 4.21. The zero-order valence-corrected chi connectivity index (χ0v) is 12.0. The number of phenolic OH excluding ortho intramolecular Hbond substituents is 2. The molecular formula is C17H21NO3. The van der Waals surface area contributed by atoms with Gasteiger partial charge in [-0.25, -0.2) is 0 Å². The molecule has 0 heterocycles. The number of hydrogen-bond donors (Lipinski definition) is 4. The molecule has 0 saturated carbocycles. The molecule has 0 bridgehead atoms. The highest BCUT2D eigenvalue weighted by molar-refractivity contribution is 5.41. The van der Waals surface area contributed by atoms with Crippen molar-refractivity contribution < 1.29 is 15.3 Å². The molecule has 0 aromatic heterocycles. The van der Waals surface area contributed by atoms with E-state index in [-0.39, 0.29) is 17.5 Å². The van der Waals surface area contributed by atoms with Gasteiger partial charge < -0.3 is 20.6 Å². The average molecular weight is 287 g/mol. The Morgan fingerprint density at radius 1 is 1.00 bits per heavy atom. The quantitative estimate of drug-likeness (QED) is 0.615. The second kappa shape index (κ2) is 7.11. The summed E-state index contributed by atoms with van der Waals surface area (Å²) in [5.41, 5.74) is 1.82. The van der Waals surface area contributed by atoms with Crippen LogP contribution < -0.4 is 5.32 Å². The Bertz CT molecular complexity index is 572. The lowest BCUT2D eigenvalue weighted by atomic mass is 10.0. The molecule has 21 heavy (non-hydrogen) atoms. The van der Waals surface area contributed by atoms with Gasteiger partial charge in [0.05, 0.1) is 6.10 Å². The number of phenols is 2. The fraction of sp³-hybridized carbons (Fsp3) is 0.294. The molecule has 2 aromatic rings. The molecule has 0 amide bonds. The van der Waals surface area contributed by atoms with Crippen molar-refractivity contribution >= 4 is 0 Å². The van der Waals surface area contributed by atoms with Crippen LogP contribution in [0.1, 0.15) is 24.2 Å². The van der Waals surface area contributed by atoms with Gasteiger partial charge in [-0.2, -0.15) is 0 Å². The van der Waals surface area contributed by atoms with Crippen molar-refractivity contribution in [2.75, 3.05) is 6.54 Å². The molecule has 4 nitrogen and oxygen atoms in total. The van der Waals surface area contributed by atoms with Gasteiger partial charge in [0.25, 0.3) is 0 Å². The number of nitrogens with one attached hydrogen (secondary N) is 1. The fourth-order valence-electron chi connectivity index (χ4n) is 2.21. The molecule has 2 unspecified atom stereocenters. The molecule has 2 atom stereocenters. The Balaban J connectivity index is 1.87. The van der Waals surface area contributed by atoms with E-state index in [1.807, 2.05) is 25.1 Å². The maximum atomic E-state index is 10.2. The van der Waals surface area contributed by atoms with Crippen LogP contribution in [-0.2, 0) is 6.42 Å². The first-order chi connectivity index (χ1) is 10.1. The molecule has 2 rings (SSSR count). The molecule has 0 radical (unpaired) electrons. The summed E-state index contributed by atoms with van der Waals surface area (Å²) in [5, 5.41) is 32.3. The zero-order chi connectivity index (χ0) is 15.2. The summed E-state index contributed by atoms with van der Waals surface area (Å²) in [6.45, 7) is 2.64. The maximum Gasteiger partial charge on any atom is 0.157 e. The minimum Gasteiger partial charge on any atom is -0.504 e. The summed E-state index contributed by atoms with van der Waals surface area (Å²) < 4.78 is 0. The van der Waals surface area contributed by atoms with Crippen LogP contribution in [-0.4, -0.2) is 27.9 Å². The van der Waals surface area contributed by atoms with Crippen LogP contribution in [0, 0.1) is 0 Å². The maximum absolute atomic E-state index is 10.2. The van der Waals surface area contributed by atoms with Gasteiger partial charge in [-0.3, -0.25) is 0 Å². The SMILES string of the molecule is CC(NCCc1ccccc1)C(O)c1ccc(O)c(O)c1. The summed E-state index contributed by atoms with van der Waals surface area (Å²) in [5.74, 6) is -0.404. The van der Waals surface area contributed by atoms with Crippen molar-refractivity contribution in [3.05, 3.63) is 59.7 Å².